The fourth-order valence-corrected chi connectivity index (χ4v) is 2.71. The third-order valence-electron chi connectivity index (χ3n) is 3.91. The maximum atomic E-state index is 13.2. The van der Waals surface area contributed by atoms with Gasteiger partial charge in [0.1, 0.15) is 0 Å². The number of halogens is 1. The SMILES string of the molecule is CCCC(C(=O)Nc1ccn(-c2ccnc(F)c2)n1)c1ccccc1. The highest BCUT2D eigenvalue weighted by Gasteiger charge is 2.20. The number of rotatable bonds is 6. The average molecular weight is 338 g/mol. The van der Waals surface area contributed by atoms with Crippen LogP contribution < -0.4 is 5.32 Å². The van der Waals surface area contributed by atoms with Gasteiger partial charge in [0.05, 0.1) is 11.6 Å². The van der Waals surface area contributed by atoms with Crippen molar-refractivity contribution in [1.82, 2.24) is 14.8 Å². The molecule has 3 aromatic rings. The molecule has 2 heterocycles. The van der Waals surface area contributed by atoms with Gasteiger partial charge in [0.25, 0.3) is 0 Å². The predicted octanol–water partition coefficient (Wildman–Crippen LogP) is 3.93. The Morgan fingerprint density at radius 2 is 2.04 bits per heavy atom. The van der Waals surface area contributed by atoms with Gasteiger partial charge in [0, 0.05) is 24.5 Å². The summed E-state index contributed by atoms with van der Waals surface area (Å²) in [6, 6.07) is 14.3. The van der Waals surface area contributed by atoms with E-state index in [2.05, 4.69) is 22.3 Å². The first kappa shape index (κ1) is 16.8. The lowest BCUT2D eigenvalue weighted by Gasteiger charge is -2.15. The molecule has 6 heteroatoms. The minimum absolute atomic E-state index is 0.0980. The molecular weight excluding hydrogens is 319 g/mol. The minimum atomic E-state index is -0.578. The molecule has 3 rings (SSSR count). The lowest BCUT2D eigenvalue weighted by molar-refractivity contribution is -0.117. The van der Waals surface area contributed by atoms with Crippen LogP contribution in [0.25, 0.3) is 5.69 Å². The number of hydrogen-bond acceptors (Lipinski definition) is 3. The Balaban J connectivity index is 1.76. The molecule has 0 radical (unpaired) electrons. The van der Waals surface area contributed by atoms with Crippen LogP contribution in [0.2, 0.25) is 0 Å². The Morgan fingerprint density at radius 1 is 1.24 bits per heavy atom. The molecule has 0 spiro atoms. The van der Waals surface area contributed by atoms with Gasteiger partial charge in [-0.2, -0.15) is 9.49 Å². The summed E-state index contributed by atoms with van der Waals surface area (Å²) in [5.74, 6) is -0.473. The Bertz CT molecular complexity index is 847. The van der Waals surface area contributed by atoms with E-state index in [-0.39, 0.29) is 11.8 Å². The molecule has 1 unspecified atom stereocenters. The molecule has 0 aliphatic heterocycles. The van der Waals surface area contributed by atoms with E-state index in [1.807, 2.05) is 30.3 Å². The number of aromatic nitrogens is 3. The topological polar surface area (TPSA) is 59.8 Å². The summed E-state index contributed by atoms with van der Waals surface area (Å²) >= 11 is 0. The number of hydrogen-bond donors (Lipinski definition) is 1. The molecule has 0 fully saturated rings. The number of nitrogens with zero attached hydrogens (tertiary/aromatic N) is 3. The number of carbonyl (C=O) groups excluding carboxylic acids is 1. The van der Waals surface area contributed by atoms with Gasteiger partial charge in [0.2, 0.25) is 11.9 Å². The summed E-state index contributed by atoms with van der Waals surface area (Å²) in [4.78, 5) is 16.2. The standard InChI is InChI=1S/C19H19FN4O/c1-2-6-16(14-7-4-3-5-8-14)19(25)22-18-10-12-24(23-18)15-9-11-21-17(20)13-15/h3-5,7-13,16H,2,6H2,1H3,(H,22,23,25). The van der Waals surface area contributed by atoms with Gasteiger partial charge in [-0.15, -0.1) is 0 Å². The molecule has 0 saturated carbocycles. The van der Waals surface area contributed by atoms with Crippen molar-refractivity contribution in [2.75, 3.05) is 5.32 Å². The Kier molecular flexibility index (Phi) is 5.18. The maximum Gasteiger partial charge on any atom is 0.233 e. The molecule has 25 heavy (non-hydrogen) atoms. The summed E-state index contributed by atoms with van der Waals surface area (Å²) in [6.07, 6.45) is 4.70. The second kappa shape index (κ2) is 7.70. The van der Waals surface area contributed by atoms with E-state index < -0.39 is 5.95 Å². The van der Waals surface area contributed by atoms with Crippen molar-refractivity contribution in [2.24, 2.45) is 0 Å². The van der Waals surface area contributed by atoms with Crippen molar-refractivity contribution in [2.45, 2.75) is 25.7 Å². The van der Waals surface area contributed by atoms with Crippen molar-refractivity contribution in [3.05, 3.63) is 72.4 Å². The van der Waals surface area contributed by atoms with Crippen molar-refractivity contribution < 1.29 is 9.18 Å². The molecule has 0 saturated heterocycles. The highest BCUT2D eigenvalue weighted by molar-refractivity contribution is 5.95. The monoisotopic (exact) mass is 338 g/mol. The third kappa shape index (κ3) is 4.09. The molecule has 0 aliphatic carbocycles. The molecule has 0 aliphatic rings. The smallest absolute Gasteiger partial charge is 0.233 e. The van der Waals surface area contributed by atoms with Gasteiger partial charge in [-0.3, -0.25) is 4.79 Å². The van der Waals surface area contributed by atoms with Crippen molar-refractivity contribution in [3.63, 3.8) is 0 Å². The number of benzene rings is 1. The fraction of sp³-hybridized carbons (Fsp3) is 0.211. The highest BCUT2D eigenvalue weighted by atomic mass is 19.1. The van der Waals surface area contributed by atoms with Gasteiger partial charge in [-0.1, -0.05) is 43.7 Å². The molecule has 0 bridgehead atoms. The van der Waals surface area contributed by atoms with E-state index >= 15 is 0 Å². The first-order chi connectivity index (χ1) is 12.2. The van der Waals surface area contributed by atoms with Crippen LogP contribution >= 0.6 is 0 Å². The van der Waals surface area contributed by atoms with E-state index in [1.165, 1.54) is 16.9 Å². The Morgan fingerprint density at radius 3 is 2.76 bits per heavy atom. The lowest BCUT2D eigenvalue weighted by Crippen LogP contribution is -2.21. The van der Waals surface area contributed by atoms with Crippen LogP contribution in [0.4, 0.5) is 10.2 Å². The van der Waals surface area contributed by atoms with Crippen LogP contribution in [0.3, 0.4) is 0 Å². The van der Waals surface area contributed by atoms with Crippen LogP contribution in [0.1, 0.15) is 31.2 Å². The van der Waals surface area contributed by atoms with Gasteiger partial charge in [-0.25, -0.2) is 9.67 Å². The number of amides is 1. The molecule has 1 N–H and O–H groups in total. The average Bonchev–Trinajstić information content (AvgIpc) is 3.09. The zero-order valence-corrected chi connectivity index (χ0v) is 13.9. The first-order valence-corrected chi connectivity index (χ1v) is 8.21. The normalized spacial score (nSPS) is 11.9. The quantitative estimate of drug-likeness (QED) is 0.693. The highest BCUT2D eigenvalue weighted by Crippen LogP contribution is 2.23. The van der Waals surface area contributed by atoms with Gasteiger partial charge >= 0.3 is 0 Å². The zero-order chi connectivity index (χ0) is 17.6. The zero-order valence-electron chi connectivity index (χ0n) is 13.9. The van der Waals surface area contributed by atoms with Crippen LogP contribution in [0.5, 0.6) is 0 Å². The first-order valence-electron chi connectivity index (χ1n) is 8.21. The van der Waals surface area contributed by atoms with E-state index in [4.69, 9.17) is 0 Å². The van der Waals surface area contributed by atoms with Gasteiger partial charge in [-0.05, 0) is 18.1 Å². The molecule has 128 valence electrons. The fourth-order valence-electron chi connectivity index (χ4n) is 2.71. The van der Waals surface area contributed by atoms with Crippen molar-refractivity contribution in [1.29, 1.82) is 0 Å². The molecule has 1 atom stereocenters. The van der Waals surface area contributed by atoms with Crippen molar-refractivity contribution >= 4 is 11.7 Å². The summed E-state index contributed by atoms with van der Waals surface area (Å²) in [6.45, 7) is 2.05. The number of nitrogens with one attached hydrogen (secondary N) is 1. The molecule has 5 nitrogen and oxygen atoms in total. The van der Waals surface area contributed by atoms with Crippen molar-refractivity contribution in [3.8, 4) is 5.69 Å². The number of pyridine rings is 1. The summed E-state index contributed by atoms with van der Waals surface area (Å²) in [5.41, 5.74) is 1.53. The van der Waals surface area contributed by atoms with Crippen LogP contribution in [-0.4, -0.2) is 20.7 Å². The Hall–Kier alpha value is -3.02. The predicted molar refractivity (Wildman–Crippen MR) is 94.0 cm³/mol. The molecular formula is C19H19FN4O. The van der Waals surface area contributed by atoms with E-state index in [1.54, 1.807) is 18.3 Å². The van der Waals surface area contributed by atoms with Gasteiger partial charge in [0.15, 0.2) is 5.82 Å². The number of anilines is 1. The summed E-state index contributed by atoms with van der Waals surface area (Å²) < 4.78 is 14.7. The van der Waals surface area contributed by atoms with Crippen LogP contribution in [-0.2, 0) is 4.79 Å². The van der Waals surface area contributed by atoms with Crippen LogP contribution in [0.15, 0.2) is 60.9 Å². The van der Waals surface area contributed by atoms with E-state index in [0.717, 1.165) is 18.4 Å². The molecule has 1 amide bonds. The van der Waals surface area contributed by atoms with Crippen LogP contribution in [0, 0.1) is 5.95 Å². The second-order valence-electron chi connectivity index (χ2n) is 5.72. The Labute approximate surface area is 145 Å². The maximum absolute atomic E-state index is 13.2. The lowest BCUT2D eigenvalue weighted by atomic mass is 9.94. The summed E-state index contributed by atoms with van der Waals surface area (Å²) in [7, 11) is 0. The van der Waals surface area contributed by atoms with Gasteiger partial charge < -0.3 is 5.32 Å². The van der Waals surface area contributed by atoms with E-state index in [0.29, 0.717) is 11.5 Å². The molecule has 2 aromatic heterocycles. The largest absolute Gasteiger partial charge is 0.309 e. The molecule has 1 aromatic carbocycles. The second-order valence-corrected chi connectivity index (χ2v) is 5.72. The third-order valence-corrected chi connectivity index (χ3v) is 3.91. The van der Waals surface area contributed by atoms with E-state index in [9.17, 15) is 9.18 Å². The minimum Gasteiger partial charge on any atom is -0.309 e. The number of carbonyl (C=O) groups is 1. The summed E-state index contributed by atoms with van der Waals surface area (Å²) in [5, 5.41) is 7.14.